The van der Waals surface area contributed by atoms with E-state index in [0.717, 1.165) is 22.8 Å². The molecule has 0 aliphatic heterocycles. The van der Waals surface area contributed by atoms with Crippen molar-refractivity contribution in [3.05, 3.63) is 53.1 Å². The molecule has 4 heteroatoms. The number of aliphatic hydroxyl groups excluding tert-OH is 1. The van der Waals surface area contributed by atoms with E-state index in [1.54, 1.807) is 24.9 Å². The van der Waals surface area contributed by atoms with E-state index in [-0.39, 0.29) is 0 Å². The number of aliphatic hydroxyl groups is 1. The third kappa shape index (κ3) is 3.55. The van der Waals surface area contributed by atoms with Crippen LogP contribution in [-0.4, -0.2) is 15.1 Å². The summed E-state index contributed by atoms with van der Waals surface area (Å²) in [5.74, 6) is 1.54. The largest absolute Gasteiger partial charge is 0.389 e. The first-order chi connectivity index (χ1) is 9.08. The number of thioether (sulfide) groups is 1. The van der Waals surface area contributed by atoms with Crippen molar-refractivity contribution in [3.8, 4) is 0 Å². The average molecular weight is 274 g/mol. The van der Waals surface area contributed by atoms with Crippen LogP contribution in [-0.2, 0) is 5.75 Å². The van der Waals surface area contributed by atoms with Gasteiger partial charge in [-0.05, 0) is 32.4 Å². The summed E-state index contributed by atoms with van der Waals surface area (Å²) in [7, 11) is 0. The molecule has 0 aliphatic carbocycles. The van der Waals surface area contributed by atoms with Crippen LogP contribution >= 0.6 is 11.8 Å². The SMILES string of the molecule is Cc1ccccc1SCc1ncc([C@@H](C)O)c(C)n1. The van der Waals surface area contributed by atoms with Crippen LogP contribution in [0, 0.1) is 13.8 Å². The van der Waals surface area contributed by atoms with Gasteiger partial charge in [0.2, 0.25) is 0 Å². The minimum absolute atomic E-state index is 0.516. The molecule has 19 heavy (non-hydrogen) atoms. The molecule has 0 amide bonds. The maximum Gasteiger partial charge on any atom is 0.138 e. The topological polar surface area (TPSA) is 46.0 Å². The van der Waals surface area contributed by atoms with Crippen molar-refractivity contribution in [3.63, 3.8) is 0 Å². The van der Waals surface area contributed by atoms with E-state index in [4.69, 9.17) is 0 Å². The molecule has 1 aromatic heterocycles. The Bertz CT molecular complexity index is 570. The summed E-state index contributed by atoms with van der Waals surface area (Å²) in [6, 6.07) is 8.29. The number of aryl methyl sites for hydroxylation is 2. The van der Waals surface area contributed by atoms with Crippen LogP contribution in [0.4, 0.5) is 0 Å². The van der Waals surface area contributed by atoms with Crippen molar-refractivity contribution in [2.75, 3.05) is 0 Å². The van der Waals surface area contributed by atoms with Gasteiger partial charge in [0.05, 0.1) is 11.9 Å². The Kier molecular flexibility index (Phi) is 4.56. The molecule has 0 bridgehead atoms. The van der Waals surface area contributed by atoms with E-state index in [1.807, 2.05) is 19.1 Å². The van der Waals surface area contributed by atoms with Gasteiger partial charge < -0.3 is 5.11 Å². The molecule has 2 rings (SSSR count). The van der Waals surface area contributed by atoms with Crippen LogP contribution in [0.25, 0.3) is 0 Å². The summed E-state index contributed by atoms with van der Waals surface area (Å²) in [6.45, 7) is 5.74. The van der Waals surface area contributed by atoms with Crippen molar-refractivity contribution >= 4 is 11.8 Å². The lowest BCUT2D eigenvalue weighted by molar-refractivity contribution is 0.197. The highest BCUT2D eigenvalue weighted by atomic mass is 32.2. The zero-order valence-electron chi connectivity index (χ0n) is 11.4. The zero-order valence-corrected chi connectivity index (χ0v) is 12.2. The molecule has 2 aromatic rings. The predicted molar refractivity (Wildman–Crippen MR) is 78.1 cm³/mol. The molecule has 0 saturated carbocycles. The van der Waals surface area contributed by atoms with Gasteiger partial charge in [-0.25, -0.2) is 9.97 Å². The number of aromatic nitrogens is 2. The Labute approximate surface area is 118 Å². The van der Waals surface area contributed by atoms with Gasteiger partial charge in [0.1, 0.15) is 5.82 Å². The van der Waals surface area contributed by atoms with E-state index in [0.29, 0.717) is 0 Å². The lowest BCUT2D eigenvalue weighted by Crippen LogP contribution is -2.02. The van der Waals surface area contributed by atoms with E-state index >= 15 is 0 Å². The number of hydrogen-bond donors (Lipinski definition) is 1. The number of benzene rings is 1. The monoisotopic (exact) mass is 274 g/mol. The second-order valence-corrected chi connectivity index (χ2v) is 5.57. The first-order valence-electron chi connectivity index (χ1n) is 6.27. The molecule has 1 aromatic carbocycles. The Morgan fingerprint density at radius 2 is 2.00 bits per heavy atom. The molecule has 3 nitrogen and oxygen atoms in total. The first-order valence-corrected chi connectivity index (χ1v) is 7.25. The Balaban J connectivity index is 2.08. The van der Waals surface area contributed by atoms with Gasteiger partial charge in [-0.3, -0.25) is 0 Å². The molecule has 0 radical (unpaired) electrons. The van der Waals surface area contributed by atoms with Crippen LogP contribution in [0.2, 0.25) is 0 Å². The van der Waals surface area contributed by atoms with E-state index in [9.17, 15) is 5.11 Å². The van der Waals surface area contributed by atoms with Gasteiger partial charge in [0.15, 0.2) is 0 Å². The quantitative estimate of drug-likeness (QED) is 0.868. The highest BCUT2D eigenvalue weighted by Gasteiger charge is 2.08. The number of rotatable bonds is 4. The van der Waals surface area contributed by atoms with Gasteiger partial charge in [0, 0.05) is 22.3 Å². The van der Waals surface area contributed by atoms with Gasteiger partial charge in [0.25, 0.3) is 0 Å². The third-order valence-corrected chi connectivity index (χ3v) is 4.14. The molecule has 0 unspecified atom stereocenters. The molecule has 100 valence electrons. The average Bonchev–Trinajstić information content (AvgIpc) is 2.37. The highest BCUT2D eigenvalue weighted by Crippen LogP contribution is 2.25. The number of nitrogens with zero attached hydrogens (tertiary/aromatic N) is 2. The van der Waals surface area contributed by atoms with Crippen molar-refractivity contribution in [1.29, 1.82) is 0 Å². The summed E-state index contributed by atoms with van der Waals surface area (Å²) in [5, 5.41) is 9.55. The first kappa shape index (κ1) is 14.0. The Hall–Kier alpha value is -1.39. The fourth-order valence-corrected chi connectivity index (χ4v) is 2.76. The third-order valence-electron chi connectivity index (χ3n) is 2.97. The van der Waals surface area contributed by atoms with E-state index in [1.165, 1.54) is 10.5 Å². The molecule has 1 N–H and O–H groups in total. The molecule has 0 aliphatic rings. The van der Waals surface area contributed by atoms with Crippen molar-refractivity contribution in [2.24, 2.45) is 0 Å². The Morgan fingerprint density at radius 3 is 2.63 bits per heavy atom. The number of hydrogen-bond acceptors (Lipinski definition) is 4. The van der Waals surface area contributed by atoms with E-state index in [2.05, 4.69) is 29.0 Å². The lowest BCUT2D eigenvalue weighted by Gasteiger charge is -2.09. The van der Waals surface area contributed by atoms with Crippen molar-refractivity contribution in [2.45, 2.75) is 37.5 Å². The fourth-order valence-electron chi connectivity index (χ4n) is 1.86. The minimum atomic E-state index is -0.516. The van der Waals surface area contributed by atoms with Crippen LogP contribution in [0.5, 0.6) is 0 Å². The fraction of sp³-hybridized carbons (Fsp3) is 0.333. The predicted octanol–water partition coefficient (Wildman–Crippen LogP) is 3.44. The van der Waals surface area contributed by atoms with Gasteiger partial charge >= 0.3 is 0 Å². The van der Waals surface area contributed by atoms with E-state index < -0.39 is 6.10 Å². The molecule has 1 atom stereocenters. The molecule has 0 spiro atoms. The molecular formula is C15H18N2OS. The van der Waals surface area contributed by atoms with Crippen LogP contribution in [0.1, 0.15) is 35.7 Å². The maximum atomic E-state index is 9.55. The second-order valence-electron chi connectivity index (χ2n) is 4.56. The van der Waals surface area contributed by atoms with Gasteiger partial charge in [-0.2, -0.15) is 0 Å². The van der Waals surface area contributed by atoms with Crippen molar-refractivity contribution < 1.29 is 5.11 Å². The highest BCUT2D eigenvalue weighted by molar-refractivity contribution is 7.98. The summed E-state index contributed by atoms with van der Waals surface area (Å²) < 4.78 is 0. The van der Waals surface area contributed by atoms with Crippen LogP contribution in [0.3, 0.4) is 0 Å². The van der Waals surface area contributed by atoms with Gasteiger partial charge in [-0.1, -0.05) is 18.2 Å². The minimum Gasteiger partial charge on any atom is -0.389 e. The van der Waals surface area contributed by atoms with Gasteiger partial charge in [-0.15, -0.1) is 11.8 Å². The normalized spacial score (nSPS) is 12.4. The van der Waals surface area contributed by atoms with Crippen molar-refractivity contribution in [1.82, 2.24) is 9.97 Å². The molecule has 1 heterocycles. The molecule has 0 saturated heterocycles. The molecular weight excluding hydrogens is 256 g/mol. The molecule has 0 fully saturated rings. The second kappa shape index (κ2) is 6.17. The lowest BCUT2D eigenvalue weighted by atomic mass is 10.1. The zero-order chi connectivity index (χ0) is 13.8. The smallest absolute Gasteiger partial charge is 0.138 e. The van der Waals surface area contributed by atoms with Crippen LogP contribution < -0.4 is 0 Å². The summed E-state index contributed by atoms with van der Waals surface area (Å²) in [6.07, 6.45) is 1.21. The Morgan fingerprint density at radius 1 is 1.26 bits per heavy atom. The summed E-state index contributed by atoms with van der Waals surface area (Å²) in [4.78, 5) is 10.0. The summed E-state index contributed by atoms with van der Waals surface area (Å²) in [5.41, 5.74) is 2.92. The summed E-state index contributed by atoms with van der Waals surface area (Å²) >= 11 is 1.74. The standard InChI is InChI=1S/C15H18N2OS/c1-10-6-4-5-7-14(10)19-9-15-16-8-13(12(3)18)11(2)17-15/h4-8,12,18H,9H2,1-3H3/t12-/m1/s1. The van der Waals surface area contributed by atoms with Crippen LogP contribution in [0.15, 0.2) is 35.4 Å². The maximum absolute atomic E-state index is 9.55.